The van der Waals surface area contributed by atoms with Gasteiger partial charge in [-0.15, -0.1) is 24.0 Å². The molecule has 0 bridgehead atoms. The number of guanidine groups is 1. The van der Waals surface area contributed by atoms with Crippen LogP contribution in [0.2, 0.25) is 0 Å². The van der Waals surface area contributed by atoms with Crippen LogP contribution < -0.4 is 10.6 Å². The number of halogens is 1. The highest BCUT2D eigenvalue weighted by atomic mass is 127. The molecule has 0 aromatic carbocycles. The smallest absolute Gasteiger partial charge is 0.191 e. The molecule has 0 atom stereocenters. The van der Waals surface area contributed by atoms with Gasteiger partial charge >= 0.3 is 0 Å². The Morgan fingerprint density at radius 3 is 2.45 bits per heavy atom. The average molecular weight is 390 g/mol. The van der Waals surface area contributed by atoms with Gasteiger partial charge in [0.2, 0.25) is 0 Å². The maximum Gasteiger partial charge on any atom is 0.191 e. The van der Waals surface area contributed by atoms with E-state index in [4.69, 9.17) is 0 Å². The fourth-order valence-corrected chi connectivity index (χ4v) is 2.75. The van der Waals surface area contributed by atoms with E-state index in [0.717, 1.165) is 25.6 Å². The molecule has 1 aliphatic carbocycles. The normalized spacial score (nSPS) is 17.6. The van der Waals surface area contributed by atoms with E-state index >= 15 is 0 Å². The van der Waals surface area contributed by atoms with Crippen LogP contribution in [-0.2, 0) is 6.54 Å². The van der Waals surface area contributed by atoms with Crippen LogP contribution in [0.5, 0.6) is 0 Å². The molecule has 0 saturated heterocycles. The molecule has 0 spiro atoms. The van der Waals surface area contributed by atoms with Crippen LogP contribution in [-0.4, -0.2) is 30.7 Å². The van der Waals surface area contributed by atoms with Crippen molar-refractivity contribution in [2.75, 3.05) is 20.1 Å². The minimum Gasteiger partial charge on any atom is -0.356 e. The molecular formula is C15H27IN4. The number of aliphatic imine (C=N–C) groups is 1. The summed E-state index contributed by atoms with van der Waals surface area (Å²) < 4.78 is 2.17. The Kier molecular flexibility index (Phi) is 7.40. The van der Waals surface area contributed by atoms with E-state index in [1.807, 2.05) is 19.2 Å². The van der Waals surface area contributed by atoms with Gasteiger partial charge in [-0.05, 0) is 30.4 Å². The number of aromatic nitrogens is 1. The van der Waals surface area contributed by atoms with Crippen molar-refractivity contribution < 1.29 is 0 Å². The molecular weight excluding hydrogens is 363 g/mol. The van der Waals surface area contributed by atoms with E-state index in [0.29, 0.717) is 5.41 Å². The van der Waals surface area contributed by atoms with Gasteiger partial charge in [0.15, 0.2) is 5.96 Å². The zero-order valence-electron chi connectivity index (χ0n) is 12.6. The molecule has 5 heteroatoms. The van der Waals surface area contributed by atoms with Gasteiger partial charge in [0.1, 0.15) is 0 Å². The summed E-state index contributed by atoms with van der Waals surface area (Å²) in [6.07, 6.45) is 9.57. The molecule has 1 aliphatic rings. The molecule has 20 heavy (non-hydrogen) atoms. The first kappa shape index (κ1) is 17.3. The van der Waals surface area contributed by atoms with Crippen molar-refractivity contribution in [1.82, 2.24) is 15.2 Å². The van der Waals surface area contributed by atoms with Crippen molar-refractivity contribution in [3.8, 4) is 0 Å². The van der Waals surface area contributed by atoms with E-state index < -0.39 is 0 Å². The van der Waals surface area contributed by atoms with Gasteiger partial charge in [-0.3, -0.25) is 4.99 Å². The van der Waals surface area contributed by atoms with Crippen LogP contribution >= 0.6 is 24.0 Å². The first-order valence-electron chi connectivity index (χ1n) is 7.27. The zero-order valence-corrected chi connectivity index (χ0v) is 14.9. The second kappa shape index (κ2) is 8.54. The minimum absolute atomic E-state index is 0. The van der Waals surface area contributed by atoms with Crippen molar-refractivity contribution >= 4 is 29.9 Å². The number of rotatable bonds is 5. The Morgan fingerprint density at radius 2 is 1.85 bits per heavy atom. The number of hydrogen-bond donors (Lipinski definition) is 2. The number of nitrogens with zero attached hydrogens (tertiary/aromatic N) is 2. The molecule has 114 valence electrons. The maximum absolute atomic E-state index is 4.28. The molecule has 4 nitrogen and oxygen atoms in total. The average Bonchev–Trinajstić information content (AvgIpc) is 3.06. The molecule has 1 fully saturated rings. The molecule has 0 unspecified atom stereocenters. The largest absolute Gasteiger partial charge is 0.356 e. The molecule has 0 amide bonds. The molecule has 0 radical (unpaired) electrons. The summed E-state index contributed by atoms with van der Waals surface area (Å²) in [6.45, 7) is 5.26. The van der Waals surface area contributed by atoms with Crippen molar-refractivity contribution in [3.05, 3.63) is 24.5 Å². The molecule has 1 aromatic heterocycles. The summed E-state index contributed by atoms with van der Waals surface area (Å²) in [5.41, 5.74) is 0.456. The molecule has 1 heterocycles. The summed E-state index contributed by atoms with van der Waals surface area (Å²) in [5.74, 6) is 0.917. The van der Waals surface area contributed by atoms with Crippen LogP contribution in [0.4, 0.5) is 0 Å². The molecule has 2 rings (SSSR count). The number of nitrogens with one attached hydrogen (secondary N) is 2. The van der Waals surface area contributed by atoms with Gasteiger partial charge in [0.25, 0.3) is 0 Å². The second-order valence-electron chi connectivity index (χ2n) is 5.79. The van der Waals surface area contributed by atoms with Crippen molar-refractivity contribution in [2.24, 2.45) is 10.4 Å². The summed E-state index contributed by atoms with van der Waals surface area (Å²) in [5, 5.41) is 6.83. The SMILES string of the molecule is CN=C(NCCn1cccc1)NCC1(C)CCCC1.I. The summed E-state index contributed by atoms with van der Waals surface area (Å²) in [4.78, 5) is 4.28. The standard InChI is InChI=1S/C15H26N4.HI/c1-15(7-3-4-8-15)13-18-14(16-2)17-9-12-19-10-5-6-11-19;/h5-6,10-11H,3-4,7-9,12-13H2,1-2H3,(H2,16,17,18);1H. The van der Waals surface area contributed by atoms with Crippen LogP contribution in [0.15, 0.2) is 29.5 Å². The van der Waals surface area contributed by atoms with E-state index in [1.54, 1.807) is 0 Å². The lowest BCUT2D eigenvalue weighted by Gasteiger charge is -2.25. The van der Waals surface area contributed by atoms with E-state index in [2.05, 4.69) is 39.5 Å². The van der Waals surface area contributed by atoms with Gasteiger partial charge in [-0.25, -0.2) is 0 Å². The topological polar surface area (TPSA) is 41.4 Å². The third kappa shape index (κ3) is 5.34. The van der Waals surface area contributed by atoms with Gasteiger partial charge in [-0.2, -0.15) is 0 Å². The predicted molar refractivity (Wildman–Crippen MR) is 95.8 cm³/mol. The predicted octanol–water partition coefficient (Wildman–Crippen LogP) is 2.85. The van der Waals surface area contributed by atoms with E-state index in [-0.39, 0.29) is 24.0 Å². The Hall–Kier alpha value is -0.720. The van der Waals surface area contributed by atoms with E-state index in [1.165, 1.54) is 25.7 Å². The van der Waals surface area contributed by atoms with E-state index in [9.17, 15) is 0 Å². The lowest BCUT2D eigenvalue weighted by Crippen LogP contribution is -2.43. The Morgan fingerprint density at radius 1 is 1.20 bits per heavy atom. The summed E-state index contributed by atoms with van der Waals surface area (Å²) in [7, 11) is 1.84. The molecule has 1 saturated carbocycles. The molecule has 2 N–H and O–H groups in total. The molecule has 0 aliphatic heterocycles. The first-order chi connectivity index (χ1) is 9.22. The third-order valence-corrected chi connectivity index (χ3v) is 4.05. The lowest BCUT2D eigenvalue weighted by molar-refractivity contribution is 0.334. The van der Waals surface area contributed by atoms with Crippen LogP contribution in [0.25, 0.3) is 0 Å². The Labute approximate surface area is 139 Å². The van der Waals surface area contributed by atoms with Crippen molar-refractivity contribution in [3.63, 3.8) is 0 Å². The minimum atomic E-state index is 0. The van der Waals surface area contributed by atoms with Crippen molar-refractivity contribution in [1.29, 1.82) is 0 Å². The lowest BCUT2D eigenvalue weighted by atomic mass is 9.89. The zero-order chi connectivity index (χ0) is 13.6. The summed E-state index contributed by atoms with van der Waals surface area (Å²) >= 11 is 0. The maximum atomic E-state index is 4.28. The quantitative estimate of drug-likeness (QED) is 0.461. The monoisotopic (exact) mass is 390 g/mol. The van der Waals surface area contributed by atoms with Crippen LogP contribution in [0.1, 0.15) is 32.6 Å². The molecule has 1 aromatic rings. The fourth-order valence-electron chi connectivity index (χ4n) is 2.75. The highest BCUT2D eigenvalue weighted by Crippen LogP contribution is 2.36. The highest BCUT2D eigenvalue weighted by molar-refractivity contribution is 14.0. The Balaban J connectivity index is 0.00000200. The fraction of sp³-hybridized carbons (Fsp3) is 0.667. The summed E-state index contributed by atoms with van der Waals surface area (Å²) in [6, 6.07) is 4.10. The van der Waals surface area contributed by atoms with Crippen LogP contribution in [0, 0.1) is 5.41 Å². The first-order valence-corrected chi connectivity index (χ1v) is 7.27. The Bertz CT molecular complexity index is 394. The second-order valence-corrected chi connectivity index (χ2v) is 5.79. The van der Waals surface area contributed by atoms with Gasteiger partial charge in [-0.1, -0.05) is 19.8 Å². The van der Waals surface area contributed by atoms with Crippen molar-refractivity contribution in [2.45, 2.75) is 39.2 Å². The number of hydrogen-bond acceptors (Lipinski definition) is 1. The van der Waals surface area contributed by atoms with Crippen LogP contribution in [0.3, 0.4) is 0 Å². The van der Waals surface area contributed by atoms with Gasteiger partial charge < -0.3 is 15.2 Å². The van der Waals surface area contributed by atoms with Gasteiger partial charge in [0.05, 0.1) is 0 Å². The van der Waals surface area contributed by atoms with Gasteiger partial charge in [0, 0.05) is 39.1 Å². The highest BCUT2D eigenvalue weighted by Gasteiger charge is 2.28. The third-order valence-electron chi connectivity index (χ3n) is 4.05.